The van der Waals surface area contributed by atoms with E-state index in [1.54, 1.807) is 55.5 Å². The first kappa shape index (κ1) is 23.8. The maximum absolute atomic E-state index is 13.5. The molecule has 0 bridgehead atoms. The molecule has 3 aromatic carbocycles. The lowest BCUT2D eigenvalue weighted by Crippen LogP contribution is -2.42. The minimum atomic E-state index is -1.19. The van der Waals surface area contributed by atoms with E-state index in [9.17, 15) is 9.59 Å². The highest BCUT2D eigenvalue weighted by Crippen LogP contribution is 2.35. The molecule has 1 N–H and O–H groups in total. The molecular weight excluding hydrogens is 473 g/mol. The van der Waals surface area contributed by atoms with Gasteiger partial charge in [0.2, 0.25) is 0 Å². The number of benzene rings is 3. The molecule has 0 aliphatic carbocycles. The van der Waals surface area contributed by atoms with E-state index in [-0.39, 0.29) is 6.54 Å². The second kappa shape index (κ2) is 9.87. The number of rotatable bonds is 5. The van der Waals surface area contributed by atoms with Crippen LogP contribution in [-0.4, -0.2) is 29.3 Å². The zero-order chi connectivity index (χ0) is 24.3. The van der Waals surface area contributed by atoms with Crippen molar-refractivity contribution in [3.63, 3.8) is 0 Å². The fourth-order valence-corrected chi connectivity index (χ4v) is 3.96. The topological polar surface area (TPSA) is 71.0 Å². The molecule has 3 aromatic rings. The molecule has 0 saturated heterocycles. The van der Waals surface area contributed by atoms with Crippen LogP contribution in [0.2, 0.25) is 10.0 Å². The molecule has 2 amide bonds. The molecule has 6 nitrogen and oxygen atoms in total. The Morgan fingerprint density at radius 3 is 2.18 bits per heavy atom. The van der Waals surface area contributed by atoms with Crippen molar-refractivity contribution in [3.05, 3.63) is 100 Å². The second-order valence-corrected chi connectivity index (χ2v) is 9.11. The third-order valence-corrected chi connectivity index (χ3v) is 6.16. The fraction of sp³-hybridized carbons (Fsp3) is 0.192. The molecule has 8 heteroatoms. The summed E-state index contributed by atoms with van der Waals surface area (Å²) in [5, 5.41) is 9.67. The van der Waals surface area contributed by atoms with Gasteiger partial charge in [-0.15, -0.1) is 0 Å². The van der Waals surface area contributed by atoms with Gasteiger partial charge in [0.05, 0.1) is 12.3 Å². The summed E-state index contributed by atoms with van der Waals surface area (Å²) < 4.78 is 5.84. The number of halogens is 2. The number of nitrogens with zero attached hydrogens (tertiary/aromatic N) is 2. The van der Waals surface area contributed by atoms with Crippen LogP contribution >= 0.6 is 23.2 Å². The molecule has 4 rings (SSSR count). The van der Waals surface area contributed by atoms with E-state index >= 15 is 0 Å². The summed E-state index contributed by atoms with van der Waals surface area (Å²) in [6.07, 6.45) is -0.464. The molecule has 2 atom stereocenters. The van der Waals surface area contributed by atoms with Crippen molar-refractivity contribution in [2.24, 2.45) is 10.5 Å². The molecule has 0 unspecified atom stereocenters. The highest BCUT2D eigenvalue weighted by molar-refractivity contribution is 6.31. The molecular formula is C26H23Cl2N3O3. The van der Waals surface area contributed by atoms with E-state index in [0.29, 0.717) is 27.0 Å². The van der Waals surface area contributed by atoms with Gasteiger partial charge in [0.15, 0.2) is 0 Å². The van der Waals surface area contributed by atoms with Crippen LogP contribution in [0.1, 0.15) is 31.1 Å². The number of hydrogen-bond donors (Lipinski definition) is 1. The molecule has 0 radical (unpaired) electrons. The predicted molar refractivity (Wildman–Crippen MR) is 134 cm³/mol. The minimum Gasteiger partial charge on any atom is -0.457 e. The zero-order valence-electron chi connectivity index (χ0n) is 18.7. The summed E-state index contributed by atoms with van der Waals surface area (Å²) in [5.41, 5.74) is 1.36. The van der Waals surface area contributed by atoms with Crippen LogP contribution in [0.5, 0.6) is 0 Å². The molecule has 1 heterocycles. The summed E-state index contributed by atoms with van der Waals surface area (Å²) in [7, 11) is 0. The van der Waals surface area contributed by atoms with Gasteiger partial charge in [-0.2, -0.15) is 5.10 Å². The molecule has 174 valence electrons. The molecule has 1 aliphatic rings. The van der Waals surface area contributed by atoms with Crippen LogP contribution in [0.15, 0.2) is 84.0 Å². The molecule has 0 saturated carbocycles. The van der Waals surface area contributed by atoms with Gasteiger partial charge in [-0.3, -0.25) is 4.79 Å². The summed E-state index contributed by atoms with van der Waals surface area (Å²) in [5.74, 6) is -0.473. The number of anilines is 1. The number of carbonyl (C=O) groups excluding carboxylic acids is 2. The minimum absolute atomic E-state index is 0.0186. The normalized spacial score (nSPS) is 18.2. The average molecular weight is 496 g/mol. The summed E-state index contributed by atoms with van der Waals surface area (Å²) in [6.45, 7) is 3.57. The Morgan fingerprint density at radius 2 is 1.56 bits per heavy atom. The van der Waals surface area contributed by atoms with Crippen LogP contribution in [-0.2, 0) is 9.53 Å². The van der Waals surface area contributed by atoms with Gasteiger partial charge in [0.1, 0.15) is 11.5 Å². The summed E-state index contributed by atoms with van der Waals surface area (Å²) >= 11 is 12.0. The molecule has 0 spiro atoms. The van der Waals surface area contributed by atoms with Gasteiger partial charge in [-0.25, -0.2) is 9.80 Å². The number of amides is 2. The Balaban J connectivity index is 1.61. The number of carbonyl (C=O) groups is 2. The van der Waals surface area contributed by atoms with Crippen LogP contribution < -0.4 is 5.32 Å². The van der Waals surface area contributed by atoms with Crippen molar-refractivity contribution in [3.8, 4) is 0 Å². The second-order valence-electron chi connectivity index (χ2n) is 8.24. The average Bonchev–Trinajstić information content (AvgIpc) is 3.20. The molecule has 34 heavy (non-hydrogen) atoms. The third kappa shape index (κ3) is 5.08. The lowest BCUT2D eigenvalue weighted by atomic mass is 9.82. The van der Waals surface area contributed by atoms with E-state index in [0.717, 1.165) is 5.56 Å². The van der Waals surface area contributed by atoms with E-state index in [1.807, 2.05) is 37.3 Å². The lowest BCUT2D eigenvalue weighted by molar-refractivity contribution is -0.156. The molecule has 0 aromatic heterocycles. The van der Waals surface area contributed by atoms with Crippen LogP contribution in [0, 0.1) is 5.41 Å². The van der Waals surface area contributed by atoms with Gasteiger partial charge in [0.25, 0.3) is 0 Å². The van der Waals surface area contributed by atoms with Crippen molar-refractivity contribution >= 4 is 46.6 Å². The summed E-state index contributed by atoms with van der Waals surface area (Å²) in [6, 6.07) is 22.7. The van der Waals surface area contributed by atoms with Crippen molar-refractivity contribution < 1.29 is 14.3 Å². The Morgan fingerprint density at radius 1 is 0.971 bits per heavy atom. The van der Waals surface area contributed by atoms with Crippen molar-refractivity contribution in [1.82, 2.24) is 5.01 Å². The van der Waals surface area contributed by atoms with Gasteiger partial charge in [-0.05, 0) is 61.4 Å². The van der Waals surface area contributed by atoms with E-state index < -0.39 is 23.5 Å². The SMILES string of the molecule is C[C@H](OC(=O)[C@@]1(C)CN(C(=O)Nc2ccc(Cl)cc2)N=C1c1ccc(Cl)cc1)c1ccccc1. The van der Waals surface area contributed by atoms with Crippen molar-refractivity contribution in [2.45, 2.75) is 20.0 Å². The number of hydrazone groups is 1. The first-order valence-electron chi connectivity index (χ1n) is 10.7. The molecule has 1 aliphatic heterocycles. The number of hydrogen-bond acceptors (Lipinski definition) is 4. The zero-order valence-corrected chi connectivity index (χ0v) is 20.2. The molecule has 0 fully saturated rings. The predicted octanol–water partition coefficient (Wildman–Crippen LogP) is 6.56. The van der Waals surface area contributed by atoms with Gasteiger partial charge >= 0.3 is 12.0 Å². The van der Waals surface area contributed by atoms with E-state index in [2.05, 4.69) is 10.4 Å². The number of nitrogens with one attached hydrogen (secondary N) is 1. The van der Waals surface area contributed by atoms with Crippen molar-refractivity contribution in [1.29, 1.82) is 0 Å². The Labute approximate surface area is 208 Å². The van der Waals surface area contributed by atoms with E-state index in [4.69, 9.17) is 27.9 Å². The monoisotopic (exact) mass is 495 g/mol. The van der Waals surface area contributed by atoms with Gasteiger partial charge in [-0.1, -0.05) is 65.7 Å². The number of ether oxygens (including phenoxy) is 1. The van der Waals surface area contributed by atoms with Gasteiger partial charge < -0.3 is 10.1 Å². The number of esters is 1. The van der Waals surface area contributed by atoms with Gasteiger partial charge in [0, 0.05) is 15.7 Å². The van der Waals surface area contributed by atoms with Crippen LogP contribution in [0.25, 0.3) is 0 Å². The fourth-order valence-electron chi connectivity index (χ4n) is 3.71. The quantitative estimate of drug-likeness (QED) is 0.407. The van der Waals surface area contributed by atoms with E-state index in [1.165, 1.54) is 5.01 Å². The third-order valence-electron chi connectivity index (χ3n) is 5.66. The summed E-state index contributed by atoms with van der Waals surface area (Å²) in [4.78, 5) is 26.4. The lowest BCUT2D eigenvalue weighted by Gasteiger charge is -2.26. The first-order valence-corrected chi connectivity index (χ1v) is 11.5. The first-order chi connectivity index (χ1) is 16.3. The highest BCUT2D eigenvalue weighted by atomic mass is 35.5. The Hall–Kier alpha value is -3.35. The van der Waals surface area contributed by atoms with Crippen LogP contribution in [0.4, 0.5) is 10.5 Å². The standard InChI is InChI=1S/C26H23Cl2N3O3/c1-17(18-6-4-3-5-7-18)34-24(32)26(2)16-31(25(33)29-22-14-12-21(28)13-15-22)30-23(26)19-8-10-20(27)11-9-19/h3-15,17H,16H2,1-2H3,(H,29,33)/t17-,26-/m0/s1. The smallest absolute Gasteiger partial charge is 0.342 e. The number of urea groups is 1. The maximum atomic E-state index is 13.5. The maximum Gasteiger partial charge on any atom is 0.342 e. The Kier molecular flexibility index (Phi) is 6.91. The van der Waals surface area contributed by atoms with Crippen LogP contribution in [0.3, 0.4) is 0 Å². The van der Waals surface area contributed by atoms with Crippen molar-refractivity contribution in [2.75, 3.05) is 11.9 Å². The Bertz CT molecular complexity index is 1210. The largest absolute Gasteiger partial charge is 0.457 e. The highest BCUT2D eigenvalue weighted by Gasteiger charge is 2.49.